The molecule has 0 heterocycles. The van der Waals surface area contributed by atoms with Crippen LogP contribution < -0.4 is 15.4 Å². The number of amides is 1. The van der Waals surface area contributed by atoms with Gasteiger partial charge in [0.2, 0.25) is 0 Å². The van der Waals surface area contributed by atoms with Gasteiger partial charge in [0.15, 0.2) is 0 Å². The predicted molar refractivity (Wildman–Crippen MR) is 95.4 cm³/mol. The van der Waals surface area contributed by atoms with Gasteiger partial charge in [-0.25, -0.2) is 0 Å². The van der Waals surface area contributed by atoms with Crippen LogP contribution in [0.25, 0.3) is 0 Å². The fourth-order valence-electron chi connectivity index (χ4n) is 1.85. The molecule has 0 unspecified atom stereocenters. The highest BCUT2D eigenvalue weighted by Gasteiger charge is 2.12. The molecule has 7 heteroatoms. The zero-order valence-corrected chi connectivity index (χ0v) is 14.2. The number of hydrogen-bond acceptors (Lipinski definition) is 4. The topological polar surface area (TPSA) is 74.1 Å². The lowest BCUT2D eigenvalue weighted by Crippen LogP contribution is -2.15. The van der Waals surface area contributed by atoms with Gasteiger partial charge in [0.05, 0.1) is 28.5 Å². The number of nitrogens with zero attached hydrogens (tertiary/aromatic N) is 1. The van der Waals surface area contributed by atoms with Crippen LogP contribution in [0, 0.1) is 11.3 Å². The number of anilines is 2. The minimum Gasteiger partial charge on any atom is -0.495 e. The molecule has 24 heavy (non-hydrogen) atoms. The second-order valence-electron chi connectivity index (χ2n) is 4.57. The van der Waals surface area contributed by atoms with Crippen molar-refractivity contribution in [2.24, 2.45) is 0 Å². The molecule has 0 aliphatic heterocycles. The maximum absolute atomic E-state index is 12.2. The number of rotatable bonds is 5. The van der Waals surface area contributed by atoms with Gasteiger partial charge in [-0.1, -0.05) is 41.4 Å². The molecule has 2 aromatic rings. The molecule has 0 aliphatic carbocycles. The normalized spacial score (nSPS) is 10.7. The summed E-state index contributed by atoms with van der Waals surface area (Å²) in [4.78, 5) is 12.2. The molecule has 5 nitrogen and oxygen atoms in total. The van der Waals surface area contributed by atoms with Crippen LogP contribution in [0.15, 0.2) is 54.2 Å². The smallest absolute Gasteiger partial charge is 0.267 e. The van der Waals surface area contributed by atoms with Gasteiger partial charge in [0.1, 0.15) is 17.4 Å². The summed E-state index contributed by atoms with van der Waals surface area (Å²) < 4.78 is 5.15. The van der Waals surface area contributed by atoms with Crippen LogP contribution in [0.5, 0.6) is 5.75 Å². The van der Waals surface area contributed by atoms with Crippen molar-refractivity contribution in [1.29, 1.82) is 5.26 Å². The Morgan fingerprint density at radius 1 is 1.17 bits per heavy atom. The SMILES string of the molecule is COc1ccccc1NC(=O)/C(C#N)=C\Nc1cccc(Cl)c1Cl. The van der Waals surface area contributed by atoms with Crippen molar-refractivity contribution in [3.63, 3.8) is 0 Å². The summed E-state index contributed by atoms with van der Waals surface area (Å²) in [5, 5.41) is 15.3. The Bertz CT molecular complexity index is 829. The lowest BCUT2D eigenvalue weighted by Gasteiger charge is -2.10. The van der Waals surface area contributed by atoms with Gasteiger partial charge in [-0.2, -0.15) is 5.26 Å². The third kappa shape index (κ3) is 4.19. The number of para-hydroxylation sites is 2. The van der Waals surface area contributed by atoms with Crippen molar-refractivity contribution in [3.05, 3.63) is 64.3 Å². The van der Waals surface area contributed by atoms with Gasteiger partial charge >= 0.3 is 0 Å². The maximum atomic E-state index is 12.2. The van der Waals surface area contributed by atoms with E-state index in [1.165, 1.54) is 13.3 Å². The zero-order chi connectivity index (χ0) is 17.5. The molecule has 0 aliphatic rings. The molecule has 0 atom stereocenters. The summed E-state index contributed by atoms with van der Waals surface area (Å²) in [5.41, 5.74) is 0.825. The van der Waals surface area contributed by atoms with Gasteiger partial charge < -0.3 is 15.4 Å². The highest BCUT2D eigenvalue weighted by molar-refractivity contribution is 6.43. The molecule has 0 saturated heterocycles. The molecule has 0 fully saturated rings. The maximum Gasteiger partial charge on any atom is 0.267 e. The predicted octanol–water partition coefficient (Wildman–Crippen LogP) is 4.46. The second kappa shape index (κ2) is 8.25. The van der Waals surface area contributed by atoms with Gasteiger partial charge in [0.25, 0.3) is 5.91 Å². The molecule has 0 aromatic heterocycles. The number of nitrogens with one attached hydrogen (secondary N) is 2. The molecule has 0 bridgehead atoms. The number of carbonyl (C=O) groups excluding carboxylic acids is 1. The molecule has 2 aromatic carbocycles. The molecule has 2 N–H and O–H groups in total. The number of nitriles is 1. The van der Waals surface area contributed by atoms with E-state index >= 15 is 0 Å². The van der Waals surface area contributed by atoms with Gasteiger partial charge in [-0.3, -0.25) is 4.79 Å². The van der Waals surface area contributed by atoms with Crippen molar-refractivity contribution in [1.82, 2.24) is 0 Å². The van der Waals surface area contributed by atoms with E-state index in [-0.39, 0.29) is 5.57 Å². The lowest BCUT2D eigenvalue weighted by atomic mass is 10.2. The van der Waals surface area contributed by atoms with Crippen molar-refractivity contribution >= 4 is 40.5 Å². The van der Waals surface area contributed by atoms with Gasteiger partial charge in [-0.15, -0.1) is 0 Å². The molecule has 2 rings (SSSR count). The number of hydrogen-bond donors (Lipinski definition) is 2. The van der Waals surface area contributed by atoms with Crippen molar-refractivity contribution < 1.29 is 9.53 Å². The van der Waals surface area contributed by atoms with Gasteiger partial charge in [0, 0.05) is 6.20 Å². The molecule has 1 amide bonds. The Balaban J connectivity index is 2.17. The standard InChI is InChI=1S/C17H13Cl2N3O2/c1-24-15-8-3-2-6-13(15)22-17(23)11(9-20)10-21-14-7-4-5-12(18)16(14)19/h2-8,10,21H,1H3,(H,22,23)/b11-10-. The highest BCUT2D eigenvalue weighted by Crippen LogP contribution is 2.29. The lowest BCUT2D eigenvalue weighted by molar-refractivity contribution is -0.112. The van der Waals surface area contributed by atoms with Crippen LogP contribution in [-0.4, -0.2) is 13.0 Å². The quantitative estimate of drug-likeness (QED) is 0.608. The Morgan fingerprint density at radius 3 is 2.58 bits per heavy atom. The molecular formula is C17H13Cl2N3O2. The minimum absolute atomic E-state index is 0.128. The number of carbonyl (C=O) groups is 1. The van der Waals surface area contributed by atoms with E-state index < -0.39 is 5.91 Å². The summed E-state index contributed by atoms with van der Waals surface area (Å²) >= 11 is 12.0. The average Bonchev–Trinajstić information content (AvgIpc) is 2.59. The molecule has 122 valence electrons. The first-order valence-electron chi connectivity index (χ1n) is 6.82. The van der Waals surface area contributed by atoms with E-state index in [0.29, 0.717) is 27.2 Å². The largest absolute Gasteiger partial charge is 0.495 e. The zero-order valence-electron chi connectivity index (χ0n) is 12.6. The summed E-state index contributed by atoms with van der Waals surface area (Å²) in [6.07, 6.45) is 1.27. The third-order valence-corrected chi connectivity index (χ3v) is 3.86. The summed E-state index contributed by atoms with van der Waals surface area (Å²) in [7, 11) is 1.49. The van der Waals surface area contributed by atoms with E-state index in [1.807, 2.05) is 6.07 Å². The minimum atomic E-state index is -0.576. The first-order chi connectivity index (χ1) is 11.6. The Morgan fingerprint density at radius 2 is 1.88 bits per heavy atom. The van der Waals surface area contributed by atoms with E-state index in [4.69, 9.17) is 27.9 Å². The molecular weight excluding hydrogens is 349 g/mol. The fourth-order valence-corrected chi connectivity index (χ4v) is 2.21. The fraction of sp³-hybridized carbons (Fsp3) is 0.0588. The van der Waals surface area contributed by atoms with E-state index in [1.54, 1.807) is 42.5 Å². The van der Waals surface area contributed by atoms with Crippen LogP contribution >= 0.6 is 23.2 Å². The van der Waals surface area contributed by atoms with E-state index in [0.717, 1.165) is 0 Å². The first kappa shape index (κ1) is 17.7. The summed E-state index contributed by atoms with van der Waals surface area (Å²) in [5.74, 6) is -0.0818. The first-order valence-corrected chi connectivity index (χ1v) is 7.57. The second-order valence-corrected chi connectivity index (χ2v) is 5.36. The Labute approximate surface area is 149 Å². The summed E-state index contributed by atoms with van der Waals surface area (Å²) in [6, 6.07) is 13.8. The van der Waals surface area contributed by atoms with Crippen molar-refractivity contribution in [2.45, 2.75) is 0 Å². The van der Waals surface area contributed by atoms with Crippen LogP contribution in [0.1, 0.15) is 0 Å². The average molecular weight is 362 g/mol. The third-order valence-electron chi connectivity index (χ3n) is 3.04. The number of halogens is 2. The van der Waals surface area contributed by atoms with Crippen molar-refractivity contribution in [3.8, 4) is 11.8 Å². The molecule has 0 radical (unpaired) electrons. The van der Waals surface area contributed by atoms with Crippen LogP contribution in [0.3, 0.4) is 0 Å². The van der Waals surface area contributed by atoms with Gasteiger partial charge in [-0.05, 0) is 24.3 Å². The summed E-state index contributed by atoms with van der Waals surface area (Å²) in [6.45, 7) is 0. The van der Waals surface area contributed by atoms with Crippen LogP contribution in [0.4, 0.5) is 11.4 Å². The number of benzene rings is 2. The highest BCUT2D eigenvalue weighted by atomic mass is 35.5. The van der Waals surface area contributed by atoms with Crippen LogP contribution in [-0.2, 0) is 4.79 Å². The monoisotopic (exact) mass is 361 g/mol. The number of ether oxygens (including phenoxy) is 1. The molecule has 0 spiro atoms. The van der Waals surface area contributed by atoms with E-state index in [9.17, 15) is 10.1 Å². The van der Waals surface area contributed by atoms with E-state index in [2.05, 4.69) is 10.6 Å². The molecule has 0 saturated carbocycles. The Hall–Kier alpha value is -2.68. The van der Waals surface area contributed by atoms with Crippen molar-refractivity contribution in [2.75, 3.05) is 17.7 Å². The van der Waals surface area contributed by atoms with Crippen LogP contribution in [0.2, 0.25) is 10.0 Å². The number of methoxy groups -OCH3 is 1. The Kier molecular flexibility index (Phi) is 6.07.